The van der Waals surface area contributed by atoms with Gasteiger partial charge in [0, 0.05) is 18.0 Å². The van der Waals surface area contributed by atoms with Gasteiger partial charge in [0.2, 0.25) is 0 Å². The molecule has 0 spiro atoms. The minimum absolute atomic E-state index is 0.162. The zero-order valence-electron chi connectivity index (χ0n) is 6.79. The number of carboxylic acids is 1. The summed E-state index contributed by atoms with van der Waals surface area (Å²) in [7, 11) is 0. The Kier molecular flexibility index (Phi) is 2.27. The maximum absolute atomic E-state index is 12.9. The van der Waals surface area contributed by atoms with Crippen molar-refractivity contribution in [3.8, 4) is 0 Å². The van der Waals surface area contributed by atoms with E-state index in [2.05, 4.69) is 4.98 Å². The van der Waals surface area contributed by atoms with Crippen LogP contribution < -0.4 is 0 Å². The van der Waals surface area contributed by atoms with Crippen molar-refractivity contribution in [1.82, 2.24) is 4.98 Å². The molecule has 1 N–H and O–H groups in total. The summed E-state index contributed by atoms with van der Waals surface area (Å²) in [5.74, 6) is -5.99. The maximum atomic E-state index is 12.9. The number of carbonyl (C=O) groups is 1. The van der Waals surface area contributed by atoms with Gasteiger partial charge in [0.05, 0.1) is 0 Å². The SMILES string of the molecule is Cc1cnccc1C(F)(F)C(=O)O. The molecule has 0 aliphatic rings. The number of carboxylic acid groups (broad SMARTS) is 1. The van der Waals surface area contributed by atoms with Gasteiger partial charge in [-0.1, -0.05) is 0 Å². The van der Waals surface area contributed by atoms with Crippen LogP contribution >= 0.6 is 0 Å². The fourth-order valence-electron chi connectivity index (χ4n) is 0.941. The number of aromatic nitrogens is 1. The quantitative estimate of drug-likeness (QED) is 0.764. The van der Waals surface area contributed by atoms with Gasteiger partial charge in [-0.3, -0.25) is 4.98 Å². The average Bonchev–Trinajstić information content (AvgIpc) is 2.04. The Morgan fingerprint density at radius 1 is 1.62 bits per heavy atom. The third-order valence-corrected chi connectivity index (χ3v) is 1.63. The van der Waals surface area contributed by atoms with Crippen LogP contribution in [-0.4, -0.2) is 16.1 Å². The summed E-state index contributed by atoms with van der Waals surface area (Å²) in [6.45, 7) is 1.39. The van der Waals surface area contributed by atoms with E-state index in [1.54, 1.807) is 0 Å². The zero-order valence-corrected chi connectivity index (χ0v) is 6.79. The molecule has 0 saturated carbocycles. The van der Waals surface area contributed by atoms with E-state index in [0.29, 0.717) is 0 Å². The van der Waals surface area contributed by atoms with Crippen LogP contribution in [0, 0.1) is 6.92 Å². The molecular weight excluding hydrogens is 180 g/mol. The Labute approximate surface area is 73.0 Å². The predicted octanol–water partition coefficient (Wildman–Crippen LogP) is 1.57. The van der Waals surface area contributed by atoms with E-state index < -0.39 is 17.5 Å². The first-order valence-electron chi connectivity index (χ1n) is 3.48. The van der Waals surface area contributed by atoms with Crippen LogP contribution in [0.25, 0.3) is 0 Å². The zero-order chi connectivity index (χ0) is 10.1. The van der Waals surface area contributed by atoms with Crippen LogP contribution in [0.1, 0.15) is 11.1 Å². The lowest BCUT2D eigenvalue weighted by atomic mass is 10.1. The molecule has 1 aromatic heterocycles. The molecule has 3 nitrogen and oxygen atoms in total. The van der Waals surface area contributed by atoms with Crippen molar-refractivity contribution >= 4 is 5.97 Å². The Balaban J connectivity index is 3.22. The second-order valence-electron chi connectivity index (χ2n) is 2.57. The summed E-state index contributed by atoms with van der Waals surface area (Å²) in [4.78, 5) is 13.8. The normalized spacial score (nSPS) is 11.3. The minimum atomic E-state index is -3.84. The monoisotopic (exact) mass is 187 g/mol. The van der Waals surface area contributed by atoms with Gasteiger partial charge in [0.1, 0.15) is 0 Å². The van der Waals surface area contributed by atoms with E-state index in [1.807, 2.05) is 0 Å². The van der Waals surface area contributed by atoms with Crippen molar-refractivity contribution in [3.05, 3.63) is 29.6 Å². The van der Waals surface area contributed by atoms with Gasteiger partial charge in [-0.2, -0.15) is 8.78 Å². The number of aliphatic carboxylic acids is 1. The largest absolute Gasteiger partial charge is 0.477 e. The molecule has 1 rings (SSSR count). The number of nitrogens with zero attached hydrogens (tertiary/aromatic N) is 1. The van der Waals surface area contributed by atoms with E-state index in [0.717, 1.165) is 12.3 Å². The van der Waals surface area contributed by atoms with Crippen LogP contribution in [0.2, 0.25) is 0 Å². The van der Waals surface area contributed by atoms with Gasteiger partial charge in [-0.15, -0.1) is 0 Å². The smallest absolute Gasteiger partial charge is 0.379 e. The molecule has 1 aromatic rings. The standard InChI is InChI=1S/C8H7F2NO2/c1-5-4-11-3-2-6(5)8(9,10)7(12)13/h2-4H,1H3,(H,12,13). The summed E-state index contributed by atoms with van der Waals surface area (Å²) >= 11 is 0. The molecule has 0 aliphatic heterocycles. The molecule has 0 fully saturated rings. The summed E-state index contributed by atoms with van der Waals surface area (Å²) < 4.78 is 25.8. The first kappa shape index (κ1) is 9.57. The number of aryl methyl sites for hydroxylation is 1. The molecule has 0 saturated heterocycles. The summed E-state index contributed by atoms with van der Waals surface area (Å²) in [6, 6.07) is 1.00. The van der Waals surface area contributed by atoms with E-state index in [1.165, 1.54) is 13.1 Å². The van der Waals surface area contributed by atoms with Gasteiger partial charge in [-0.05, 0) is 18.6 Å². The first-order valence-corrected chi connectivity index (χ1v) is 3.48. The highest BCUT2D eigenvalue weighted by Gasteiger charge is 2.42. The number of pyridine rings is 1. The molecule has 0 bridgehead atoms. The third kappa shape index (κ3) is 1.63. The van der Waals surface area contributed by atoms with Crippen molar-refractivity contribution in [1.29, 1.82) is 0 Å². The van der Waals surface area contributed by atoms with Crippen LogP contribution in [0.3, 0.4) is 0 Å². The van der Waals surface area contributed by atoms with E-state index in [9.17, 15) is 13.6 Å². The second-order valence-corrected chi connectivity index (χ2v) is 2.57. The topological polar surface area (TPSA) is 50.2 Å². The third-order valence-electron chi connectivity index (χ3n) is 1.63. The van der Waals surface area contributed by atoms with Crippen molar-refractivity contribution in [3.63, 3.8) is 0 Å². The van der Waals surface area contributed by atoms with Gasteiger partial charge < -0.3 is 5.11 Å². The Morgan fingerprint density at radius 2 is 2.23 bits per heavy atom. The van der Waals surface area contributed by atoms with E-state index in [4.69, 9.17) is 5.11 Å². The molecule has 0 aromatic carbocycles. The molecule has 70 valence electrons. The summed E-state index contributed by atoms with van der Waals surface area (Å²) in [5.41, 5.74) is -0.357. The Hall–Kier alpha value is -1.52. The van der Waals surface area contributed by atoms with Gasteiger partial charge in [0.15, 0.2) is 0 Å². The number of rotatable bonds is 2. The lowest BCUT2D eigenvalue weighted by Gasteiger charge is -2.12. The Morgan fingerprint density at radius 3 is 2.69 bits per heavy atom. The van der Waals surface area contributed by atoms with Crippen LogP contribution in [0.5, 0.6) is 0 Å². The van der Waals surface area contributed by atoms with Crippen molar-refractivity contribution in [2.75, 3.05) is 0 Å². The predicted molar refractivity (Wildman–Crippen MR) is 40.5 cm³/mol. The molecule has 0 radical (unpaired) electrons. The molecule has 0 amide bonds. The van der Waals surface area contributed by atoms with Gasteiger partial charge in [0.25, 0.3) is 0 Å². The number of alkyl halides is 2. The fourth-order valence-corrected chi connectivity index (χ4v) is 0.941. The van der Waals surface area contributed by atoms with Crippen molar-refractivity contribution in [2.24, 2.45) is 0 Å². The number of hydrogen-bond acceptors (Lipinski definition) is 2. The van der Waals surface area contributed by atoms with E-state index >= 15 is 0 Å². The molecule has 1 heterocycles. The highest BCUT2D eigenvalue weighted by molar-refractivity contribution is 5.77. The maximum Gasteiger partial charge on any atom is 0.379 e. The highest BCUT2D eigenvalue weighted by atomic mass is 19.3. The second kappa shape index (κ2) is 3.08. The van der Waals surface area contributed by atoms with Crippen molar-refractivity contribution < 1.29 is 18.7 Å². The molecule has 13 heavy (non-hydrogen) atoms. The lowest BCUT2D eigenvalue weighted by molar-refractivity contribution is -0.166. The highest BCUT2D eigenvalue weighted by Crippen LogP contribution is 2.29. The first-order chi connectivity index (χ1) is 5.96. The fraction of sp³-hybridized carbons (Fsp3) is 0.250. The van der Waals surface area contributed by atoms with Crippen LogP contribution in [0.4, 0.5) is 8.78 Å². The lowest BCUT2D eigenvalue weighted by Crippen LogP contribution is -2.26. The average molecular weight is 187 g/mol. The van der Waals surface area contributed by atoms with Crippen LogP contribution in [-0.2, 0) is 10.7 Å². The summed E-state index contributed by atoms with van der Waals surface area (Å²) in [5, 5.41) is 8.25. The number of hydrogen-bond donors (Lipinski definition) is 1. The van der Waals surface area contributed by atoms with Gasteiger partial charge >= 0.3 is 11.9 Å². The van der Waals surface area contributed by atoms with Crippen molar-refractivity contribution in [2.45, 2.75) is 12.8 Å². The number of halogens is 2. The minimum Gasteiger partial charge on any atom is -0.477 e. The molecule has 0 unspecified atom stereocenters. The molecule has 0 aliphatic carbocycles. The van der Waals surface area contributed by atoms with E-state index in [-0.39, 0.29) is 5.56 Å². The molecule has 0 atom stereocenters. The Bertz CT molecular complexity index is 339. The van der Waals surface area contributed by atoms with Crippen LogP contribution in [0.15, 0.2) is 18.5 Å². The molecule has 5 heteroatoms. The molecular formula is C8H7F2NO2. The van der Waals surface area contributed by atoms with Gasteiger partial charge in [-0.25, -0.2) is 4.79 Å². The summed E-state index contributed by atoms with van der Waals surface area (Å²) in [6.07, 6.45) is 2.34.